The topological polar surface area (TPSA) is 75.7 Å². The number of rotatable bonds is 11. The zero-order valence-electron chi connectivity index (χ0n) is 19.7. The van der Waals surface area contributed by atoms with Crippen molar-refractivity contribution in [3.05, 3.63) is 60.2 Å². The van der Waals surface area contributed by atoms with Crippen LogP contribution in [-0.4, -0.2) is 43.9 Å². The quantitative estimate of drug-likeness (QED) is 0.521. The lowest BCUT2D eigenvalue weighted by Crippen LogP contribution is -2.48. The van der Waals surface area contributed by atoms with Gasteiger partial charge in [0.25, 0.3) is 0 Å². The number of ether oxygens (including phenoxy) is 1. The number of hydrogen-bond acceptors (Lipinski definition) is 4. The molecule has 0 unspecified atom stereocenters. The van der Waals surface area contributed by atoms with E-state index in [1.54, 1.807) is 24.3 Å². The minimum atomic E-state index is -3.80. The summed E-state index contributed by atoms with van der Waals surface area (Å²) >= 11 is 0. The van der Waals surface area contributed by atoms with Crippen LogP contribution in [-0.2, 0) is 21.2 Å². The highest BCUT2D eigenvalue weighted by atomic mass is 32.2. The van der Waals surface area contributed by atoms with Crippen LogP contribution < -0.4 is 10.1 Å². The molecule has 7 heteroatoms. The van der Waals surface area contributed by atoms with Crippen LogP contribution in [0.3, 0.4) is 0 Å². The third kappa shape index (κ3) is 7.30. The van der Waals surface area contributed by atoms with Gasteiger partial charge in [-0.2, -0.15) is 4.31 Å². The van der Waals surface area contributed by atoms with Gasteiger partial charge >= 0.3 is 0 Å². The molecule has 33 heavy (non-hydrogen) atoms. The lowest BCUT2D eigenvalue weighted by Gasteiger charge is -2.33. The fourth-order valence-corrected chi connectivity index (χ4v) is 5.99. The Hall–Kier alpha value is -2.38. The minimum absolute atomic E-state index is 0.0425. The van der Waals surface area contributed by atoms with Crippen molar-refractivity contribution in [1.82, 2.24) is 9.62 Å². The number of benzene rings is 2. The smallest absolute Gasteiger partial charge is 0.243 e. The largest absolute Gasteiger partial charge is 0.494 e. The molecule has 180 valence electrons. The van der Waals surface area contributed by atoms with Gasteiger partial charge in [0.05, 0.1) is 18.0 Å². The van der Waals surface area contributed by atoms with Gasteiger partial charge in [-0.15, -0.1) is 0 Å². The fourth-order valence-electron chi connectivity index (χ4n) is 4.35. The van der Waals surface area contributed by atoms with Crippen LogP contribution in [0.25, 0.3) is 0 Å². The molecule has 0 saturated heterocycles. The molecule has 3 rings (SSSR count). The second kappa shape index (κ2) is 12.2. The summed E-state index contributed by atoms with van der Waals surface area (Å²) in [6.07, 6.45) is 6.30. The maximum absolute atomic E-state index is 13.5. The summed E-state index contributed by atoms with van der Waals surface area (Å²) in [5.41, 5.74) is 1.22. The second-order valence-electron chi connectivity index (χ2n) is 8.74. The number of aryl methyl sites for hydroxylation is 1. The Labute approximate surface area is 198 Å². The maximum atomic E-state index is 13.5. The lowest BCUT2D eigenvalue weighted by molar-refractivity contribution is -0.122. The van der Waals surface area contributed by atoms with E-state index in [2.05, 4.69) is 17.4 Å². The van der Waals surface area contributed by atoms with E-state index in [-0.39, 0.29) is 29.4 Å². The molecule has 2 aromatic rings. The summed E-state index contributed by atoms with van der Waals surface area (Å²) < 4.78 is 33.9. The molecule has 1 saturated carbocycles. The van der Waals surface area contributed by atoms with Crippen molar-refractivity contribution in [2.45, 2.75) is 75.8 Å². The highest BCUT2D eigenvalue weighted by Gasteiger charge is 2.34. The van der Waals surface area contributed by atoms with E-state index in [0.717, 1.165) is 44.9 Å². The summed E-state index contributed by atoms with van der Waals surface area (Å²) in [5.74, 6) is 0.376. The second-order valence-corrected chi connectivity index (χ2v) is 10.6. The van der Waals surface area contributed by atoms with Gasteiger partial charge < -0.3 is 10.1 Å². The summed E-state index contributed by atoms with van der Waals surface area (Å²) in [4.78, 5) is 13.1. The molecule has 0 radical (unpaired) electrons. The molecule has 0 aliphatic heterocycles. The monoisotopic (exact) mass is 472 g/mol. The zero-order chi connectivity index (χ0) is 23.7. The third-order valence-electron chi connectivity index (χ3n) is 6.14. The molecular formula is C26H36N2O4S. The molecule has 1 atom stereocenters. The molecule has 1 aliphatic carbocycles. The Morgan fingerprint density at radius 1 is 1.06 bits per heavy atom. The van der Waals surface area contributed by atoms with E-state index in [4.69, 9.17) is 4.74 Å². The van der Waals surface area contributed by atoms with Crippen molar-refractivity contribution in [3.8, 4) is 5.75 Å². The molecule has 1 N–H and O–H groups in total. The van der Waals surface area contributed by atoms with Crippen LogP contribution in [0.15, 0.2) is 59.5 Å². The zero-order valence-corrected chi connectivity index (χ0v) is 20.5. The summed E-state index contributed by atoms with van der Waals surface area (Å²) in [6.45, 7) is 4.21. The average molecular weight is 473 g/mol. The Kier molecular flexibility index (Phi) is 9.32. The van der Waals surface area contributed by atoms with Gasteiger partial charge in [-0.3, -0.25) is 4.79 Å². The van der Waals surface area contributed by atoms with E-state index in [9.17, 15) is 13.2 Å². The Balaban J connectivity index is 1.68. The molecule has 0 bridgehead atoms. The molecule has 0 aromatic heterocycles. The van der Waals surface area contributed by atoms with Gasteiger partial charge in [0.15, 0.2) is 0 Å². The predicted molar refractivity (Wildman–Crippen MR) is 131 cm³/mol. The van der Waals surface area contributed by atoms with Crippen LogP contribution in [0, 0.1) is 0 Å². The van der Waals surface area contributed by atoms with E-state index in [1.807, 2.05) is 32.0 Å². The van der Waals surface area contributed by atoms with E-state index in [0.29, 0.717) is 12.4 Å². The Morgan fingerprint density at radius 3 is 2.36 bits per heavy atom. The first-order valence-electron chi connectivity index (χ1n) is 12.0. The number of amides is 1. The van der Waals surface area contributed by atoms with Gasteiger partial charge in [-0.25, -0.2) is 8.42 Å². The van der Waals surface area contributed by atoms with Crippen molar-refractivity contribution < 1.29 is 17.9 Å². The molecule has 1 aliphatic rings. The molecule has 2 aromatic carbocycles. The third-order valence-corrected chi connectivity index (χ3v) is 8.05. The fraction of sp³-hybridized carbons (Fsp3) is 0.500. The highest BCUT2D eigenvalue weighted by molar-refractivity contribution is 7.89. The van der Waals surface area contributed by atoms with Crippen molar-refractivity contribution in [3.63, 3.8) is 0 Å². The molecule has 1 fully saturated rings. The van der Waals surface area contributed by atoms with Crippen molar-refractivity contribution in [2.24, 2.45) is 0 Å². The van der Waals surface area contributed by atoms with Gasteiger partial charge in [0.1, 0.15) is 5.75 Å². The number of carbonyl (C=O) groups excluding carboxylic acids is 1. The number of nitrogens with zero attached hydrogens (tertiary/aromatic N) is 1. The first-order chi connectivity index (χ1) is 15.9. The average Bonchev–Trinajstić information content (AvgIpc) is 2.83. The summed E-state index contributed by atoms with van der Waals surface area (Å²) in [6, 6.07) is 16.4. The van der Waals surface area contributed by atoms with Gasteiger partial charge in [-0.1, -0.05) is 49.6 Å². The predicted octanol–water partition coefficient (Wildman–Crippen LogP) is 4.55. The normalized spacial score (nSPS) is 15.8. The van der Waals surface area contributed by atoms with Crippen LogP contribution in [0.5, 0.6) is 5.75 Å². The van der Waals surface area contributed by atoms with Crippen LogP contribution in [0.2, 0.25) is 0 Å². The van der Waals surface area contributed by atoms with Crippen LogP contribution in [0.1, 0.15) is 57.9 Å². The van der Waals surface area contributed by atoms with E-state index < -0.39 is 10.0 Å². The molecular weight excluding hydrogens is 436 g/mol. The van der Waals surface area contributed by atoms with Crippen molar-refractivity contribution in [1.29, 1.82) is 0 Å². The minimum Gasteiger partial charge on any atom is -0.494 e. The van der Waals surface area contributed by atoms with Crippen LogP contribution >= 0.6 is 0 Å². The lowest BCUT2D eigenvalue weighted by atomic mass is 9.95. The van der Waals surface area contributed by atoms with Crippen LogP contribution in [0.4, 0.5) is 0 Å². The maximum Gasteiger partial charge on any atom is 0.243 e. The van der Waals surface area contributed by atoms with Gasteiger partial charge in [-0.05, 0) is 69.4 Å². The number of carbonyl (C=O) groups is 1. The molecule has 0 spiro atoms. The summed E-state index contributed by atoms with van der Waals surface area (Å²) in [5, 5.41) is 3.00. The van der Waals surface area contributed by atoms with Crippen molar-refractivity contribution in [2.75, 3.05) is 13.2 Å². The Bertz CT molecular complexity index is 971. The van der Waals surface area contributed by atoms with Gasteiger partial charge in [0.2, 0.25) is 15.9 Å². The molecule has 6 nitrogen and oxygen atoms in total. The van der Waals surface area contributed by atoms with Crippen molar-refractivity contribution >= 4 is 15.9 Å². The summed E-state index contributed by atoms with van der Waals surface area (Å²) in [7, 11) is -3.80. The molecule has 0 heterocycles. The highest BCUT2D eigenvalue weighted by Crippen LogP contribution is 2.28. The number of nitrogens with one attached hydrogen (secondary N) is 1. The van der Waals surface area contributed by atoms with Gasteiger partial charge in [0, 0.05) is 12.1 Å². The standard InChI is InChI=1S/C26H36N2O4S/c1-3-32-24-16-18-25(19-17-24)33(30,31)28(23-12-8-5-9-13-23)20-26(29)27-21(2)14-15-22-10-6-4-7-11-22/h4,6-7,10-11,16-19,21,23H,3,5,8-9,12-15,20H2,1-2H3,(H,27,29)/t21-/m0/s1. The Morgan fingerprint density at radius 2 is 1.73 bits per heavy atom. The first kappa shape index (κ1) is 25.2. The van der Waals surface area contributed by atoms with E-state index >= 15 is 0 Å². The number of sulfonamides is 1. The SMILES string of the molecule is CCOc1ccc(S(=O)(=O)N(CC(=O)N[C@@H](C)CCc2ccccc2)C2CCCCC2)cc1. The molecule has 1 amide bonds. The van der Waals surface area contributed by atoms with E-state index in [1.165, 1.54) is 9.87 Å². The number of hydrogen-bond donors (Lipinski definition) is 1. The first-order valence-corrected chi connectivity index (χ1v) is 13.4.